The number of nitrogens with one attached hydrogen (secondary N) is 2. The standard InChI is InChI=1S/C22H21N7O2/c23-21(27-30)16-4-5-20-19(11-16)26-14-29(20)18-3-1-2-15(10-18)17-12-24-22(25-13-17)28-6-8-31-9-7-28/h1-5,10-14,30H,6-9H2,(H2,23,27). The highest BCUT2D eigenvalue weighted by atomic mass is 16.5. The average Bonchev–Trinajstić information content (AvgIpc) is 3.27. The number of aromatic nitrogens is 4. The maximum atomic E-state index is 8.95. The first kappa shape index (κ1) is 19.2. The number of hydrogen-bond donors (Lipinski definition) is 3. The van der Waals surface area contributed by atoms with Crippen molar-refractivity contribution in [2.24, 2.45) is 0 Å². The van der Waals surface area contributed by atoms with Crippen LogP contribution in [-0.4, -0.2) is 56.9 Å². The molecule has 9 heteroatoms. The van der Waals surface area contributed by atoms with Crippen molar-refractivity contribution >= 4 is 22.8 Å². The van der Waals surface area contributed by atoms with E-state index in [-0.39, 0.29) is 5.84 Å². The fraction of sp³-hybridized carbons (Fsp3) is 0.182. The number of benzene rings is 2. The Labute approximate surface area is 178 Å². The summed E-state index contributed by atoms with van der Waals surface area (Å²) < 4.78 is 7.38. The fourth-order valence-corrected chi connectivity index (χ4v) is 3.67. The third-order valence-corrected chi connectivity index (χ3v) is 5.34. The van der Waals surface area contributed by atoms with Crippen molar-refractivity contribution in [2.45, 2.75) is 0 Å². The van der Waals surface area contributed by atoms with Gasteiger partial charge in [0.1, 0.15) is 12.2 Å². The molecule has 4 aromatic rings. The molecule has 5 rings (SSSR count). The van der Waals surface area contributed by atoms with E-state index in [1.54, 1.807) is 18.5 Å². The van der Waals surface area contributed by atoms with Gasteiger partial charge >= 0.3 is 0 Å². The van der Waals surface area contributed by atoms with E-state index >= 15 is 0 Å². The molecular formula is C22H21N7O2. The van der Waals surface area contributed by atoms with Crippen LogP contribution in [0, 0.1) is 5.41 Å². The molecule has 2 aromatic heterocycles. The zero-order valence-electron chi connectivity index (χ0n) is 16.7. The normalized spacial score (nSPS) is 14.0. The highest BCUT2D eigenvalue weighted by molar-refractivity contribution is 5.98. The van der Waals surface area contributed by atoms with Gasteiger partial charge in [-0.1, -0.05) is 12.1 Å². The Morgan fingerprint density at radius 3 is 2.58 bits per heavy atom. The molecule has 0 bridgehead atoms. The topological polar surface area (TPSA) is 112 Å². The van der Waals surface area contributed by atoms with Crippen molar-refractivity contribution in [1.29, 1.82) is 5.41 Å². The van der Waals surface area contributed by atoms with Gasteiger partial charge < -0.3 is 9.64 Å². The summed E-state index contributed by atoms with van der Waals surface area (Å²) in [6.45, 7) is 3.01. The van der Waals surface area contributed by atoms with Crippen molar-refractivity contribution in [3.05, 3.63) is 66.7 Å². The Morgan fingerprint density at radius 1 is 1.00 bits per heavy atom. The van der Waals surface area contributed by atoms with Crippen LogP contribution in [0.25, 0.3) is 27.8 Å². The first-order chi connectivity index (χ1) is 15.2. The van der Waals surface area contributed by atoms with Crippen LogP contribution < -0.4 is 10.4 Å². The van der Waals surface area contributed by atoms with Gasteiger partial charge in [0, 0.05) is 42.3 Å². The van der Waals surface area contributed by atoms with Crippen molar-refractivity contribution in [1.82, 2.24) is 25.0 Å². The molecule has 0 saturated carbocycles. The lowest BCUT2D eigenvalue weighted by molar-refractivity contribution is 0.122. The van der Waals surface area contributed by atoms with E-state index in [4.69, 9.17) is 15.4 Å². The molecule has 3 N–H and O–H groups in total. The minimum Gasteiger partial charge on any atom is -0.378 e. The molecule has 3 heterocycles. The van der Waals surface area contributed by atoms with Gasteiger partial charge in [0.25, 0.3) is 0 Å². The van der Waals surface area contributed by atoms with Crippen LogP contribution in [0.15, 0.2) is 61.2 Å². The van der Waals surface area contributed by atoms with Crippen LogP contribution in [0.4, 0.5) is 5.95 Å². The van der Waals surface area contributed by atoms with Crippen LogP contribution in [0.1, 0.15) is 5.56 Å². The molecule has 1 aliphatic heterocycles. The summed E-state index contributed by atoms with van der Waals surface area (Å²) in [5.74, 6) is 0.654. The molecule has 2 aromatic carbocycles. The quantitative estimate of drug-likeness (QED) is 0.267. The molecule has 0 radical (unpaired) electrons. The maximum Gasteiger partial charge on any atom is 0.225 e. The number of fused-ring (bicyclic) bond motifs is 1. The first-order valence-corrected chi connectivity index (χ1v) is 9.94. The van der Waals surface area contributed by atoms with Crippen LogP contribution in [-0.2, 0) is 4.74 Å². The third kappa shape index (κ3) is 3.72. The van der Waals surface area contributed by atoms with Gasteiger partial charge in [-0.3, -0.25) is 20.7 Å². The second-order valence-electron chi connectivity index (χ2n) is 7.23. The molecule has 1 fully saturated rings. The lowest BCUT2D eigenvalue weighted by atomic mass is 10.1. The SMILES string of the molecule is N=C(NO)c1ccc2c(c1)ncn2-c1cccc(-c2cnc(N3CCOCC3)nc2)c1. The summed E-state index contributed by atoms with van der Waals surface area (Å²) >= 11 is 0. The lowest BCUT2D eigenvalue weighted by Crippen LogP contribution is -2.37. The Balaban J connectivity index is 1.44. The minimum absolute atomic E-state index is 0.0704. The molecule has 1 saturated heterocycles. The van der Waals surface area contributed by atoms with E-state index in [1.807, 2.05) is 46.7 Å². The maximum absolute atomic E-state index is 8.95. The van der Waals surface area contributed by atoms with Gasteiger partial charge in [0.05, 0.1) is 24.2 Å². The van der Waals surface area contributed by atoms with E-state index in [0.717, 1.165) is 46.9 Å². The van der Waals surface area contributed by atoms with Crippen LogP contribution in [0.2, 0.25) is 0 Å². The number of morpholine rings is 1. The Kier molecular flexibility index (Phi) is 5.03. The predicted octanol–water partition coefficient (Wildman–Crippen LogP) is 2.62. The van der Waals surface area contributed by atoms with Gasteiger partial charge in [-0.15, -0.1) is 0 Å². The van der Waals surface area contributed by atoms with E-state index in [1.165, 1.54) is 0 Å². The summed E-state index contributed by atoms with van der Waals surface area (Å²) in [6.07, 6.45) is 5.45. The highest BCUT2D eigenvalue weighted by Crippen LogP contribution is 2.25. The van der Waals surface area contributed by atoms with Crippen LogP contribution in [0.5, 0.6) is 0 Å². The molecule has 0 spiro atoms. The van der Waals surface area contributed by atoms with Crippen LogP contribution in [0.3, 0.4) is 0 Å². The van der Waals surface area contributed by atoms with Gasteiger partial charge in [-0.25, -0.2) is 15.0 Å². The number of ether oxygens (including phenoxy) is 1. The summed E-state index contributed by atoms with van der Waals surface area (Å²) in [4.78, 5) is 15.7. The lowest BCUT2D eigenvalue weighted by Gasteiger charge is -2.26. The Hall–Kier alpha value is -3.82. The smallest absolute Gasteiger partial charge is 0.225 e. The van der Waals surface area contributed by atoms with E-state index in [9.17, 15) is 0 Å². The number of hydroxylamine groups is 1. The molecule has 156 valence electrons. The van der Waals surface area contributed by atoms with Gasteiger partial charge in [0.2, 0.25) is 5.95 Å². The summed E-state index contributed by atoms with van der Waals surface area (Å²) in [5.41, 5.74) is 6.98. The zero-order chi connectivity index (χ0) is 21.2. The highest BCUT2D eigenvalue weighted by Gasteiger charge is 2.14. The number of rotatable bonds is 4. The summed E-state index contributed by atoms with van der Waals surface area (Å²) in [6, 6.07) is 13.5. The van der Waals surface area contributed by atoms with E-state index in [0.29, 0.717) is 18.8 Å². The monoisotopic (exact) mass is 415 g/mol. The molecule has 0 unspecified atom stereocenters. The second-order valence-corrected chi connectivity index (χ2v) is 7.23. The van der Waals surface area contributed by atoms with Crippen molar-refractivity contribution < 1.29 is 9.94 Å². The van der Waals surface area contributed by atoms with Gasteiger partial charge in [-0.05, 0) is 35.9 Å². The average molecular weight is 415 g/mol. The Morgan fingerprint density at radius 2 is 1.81 bits per heavy atom. The van der Waals surface area contributed by atoms with Gasteiger partial charge in [0.15, 0.2) is 0 Å². The molecule has 31 heavy (non-hydrogen) atoms. The molecule has 0 aliphatic carbocycles. The van der Waals surface area contributed by atoms with Gasteiger partial charge in [-0.2, -0.15) is 0 Å². The van der Waals surface area contributed by atoms with E-state index in [2.05, 4.69) is 25.9 Å². The molecule has 0 atom stereocenters. The number of anilines is 1. The molecule has 0 amide bonds. The summed E-state index contributed by atoms with van der Waals surface area (Å²) in [7, 11) is 0. The molecular weight excluding hydrogens is 394 g/mol. The number of hydrogen-bond acceptors (Lipinski definition) is 7. The van der Waals surface area contributed by atoms with E-state index < -0.39 is 0 Å². The first-order valence-electron chi connectivity index (χ1n) is 9.94. The predicted molar refractivity (Wildman–Crippen MR) is 117 cm³/mol. The fourth-order valence-electron chi connectivity index (χ4n) is 3.67. The molecule has 1 aliphatic rings. The van der Waals surface area contributed by atoms with Crippen molar-refractivity contribution in [2.75, 3.05) is 31.2 Å². The van der Waals surface area contributed by atoms with Crippen molar-refractivity contribution in [3.8, 4) is 16.8 Å². The minimum atomic E-state index is -0.0704. The zero-order valence-corrected chi connectivity index (χ0v) is 16.7. The van der Waals surface area contributed by atoms with Crippen LogP contribution >= 0.6 is 0 Å². The number of nitrogens with zero attached hydrogens (tertiary/aromatic N) is 5. The largest absolute Gasteiger partial charge is 0.378 e. The summed E-state index contributed by atoms with van der Waals surface area (Å²) in [5, 5.41) is 16.7. The number of amidine groups is 1. The molecule has 9 nitrogen and oxygen atoms in total. The number of imidazole rings is 1. The van der Waals surface area contributed by atoms with Crippen molar-refractivity contribution in [3.63, 3.8) is 0 Å². The third-order valence-electron chi connectivity index (χ3n) is 5.34. The second kappa shape index (κ2) is 8.13. The Bertz CT molecular complexity index is 1230.